The number of carbonyl (C=O) groups is 3. The number of ether oxygens (including phenoxy) is 2. The van der Waals surface area contributed by atoms with Crippen LogP contribution in [-0.2, 0) is 11.4 Å². The molecule has 3 rings (SSSR count). The minimum absolute atomic E-state index is 0.169. The molecule has 0 aliphatic carbocycles. The van der Waals surface area contributed by atoms with E-state index in [1.807, 2.05) is 6.07 Å². The van der Waals surface area contributed by atoms with E-state index in [1.54, 1.807) is 37.3 Å². The van der Waals surface area contributed by atoms with Crippen LogP contribution in [0.1, 0.15) is 28.4 Å². The third-order valence-electron chi connectivity index (χ3n) is 4.30. The first-order chi connectivity index (χ1) is 14.3. The van der Waals surface area contributed by atoms with Gasteiger partial charge >= 0.3 is 5.97 Å². The van der Waals surface area contributed by atoms with Crippen molar-refractivity contribution in [1.29, 1.82) is 0 Å². The second kappa shape index (κ2) is 9.52. The molecule has 7 nitrogen and oxygen atoms in total. The maximum atomic E-state index is 12.3. The van der Waals surface area contributed by atoms with Crippen molar-refractivity contribution in [3.8, 4) is 11.5 Å². The van der Waals surface area contributed by atoms with Crippen LogP contribution >= 0.6 is 34.4 Å². The van der Waals surface area contributed by atoms with Crippen LogP contribution in [0.2, 0.25) is 0 Å². The summed E-state index contributed by atoms with van der Waals surface area (Å²) in [4.78, 5) is 36.9. The zero-order chi connectivity index (χ0) is 21.8. The highest BCUT2D eigenvalue weighted by atomic mass is 127. The number of rotatable bonds is 7. The van der Waals surface area contributed by atoms with Crippen LogP contribution in [0.4, 0.5) is 4.79 Å². The number of likely N-dealkylation sites (N-methyl/N-ethyl adjacent to an activating group) is 1. The number of carboxylic acids is 1. The van der Waals surface area contributed by atoms with Gasteiger partial charge in [0.1, 0.15) is 6.61 Å². The molecule has 1 heterocycles. The molecular formula is C21H18INO6S. The summed E-state index contributed by atoms with van der Waals surface area (Å²) in [5.74, 6) is -0.323. The van der Waals surface area contributed by atoms with Gasteiger partial charge in [0, 0.05) is 6.54 Å². The molecule has 0 unspecified atom stereocenters. The molecule has 1 aliphatic rings. The molecule has 1 aliphatic heterocycles. The average molecular weight is 539 g/mol. The highest BCUT2D eigenvalue weighted by molar-refractivity contribution is 14.1. The highest BCUT2D eigenvalue weighted by Gasteiger charge is 2.33. The Morgan fingerprint density at radius 2 is 2.03 bits per heavy atom. The SMILES string of the molecule is CCN1C(=O)S/C(=C/c2cc(I)c(OCc3cccc(C(=O)O)c3)c(OC)c2)C1=O. The molecule has 0 saturated carbocycles. The summed E-state index contributed by atoms with van der Waals surface area (Å²) in [5.41, 5.74) is 1.61. The fraction of sp³-hybridized carbons (Fsp3) is 0.190. The van der Waals surface area contributed by atoms with E-state index in [2.05, 4.69) is 22.6 Å². The van der Waals surface area contributed by atoms with Gasteiger partial charge in [-0.25, -0.2) is 4.79 Å². The summed E-state index contributed by atoms with van der Waals surface area (Å²) < 4.78 is 12.1. The lowest BCUT2D eigenvalue weighted by atomic mass is 10.1. The Bertz CT molecular complexity index is 1050. The van der Waals surface area contributed by atoms with Gasteiger partial charge in [-0.15, -0.1) is 0 Å². The molecule has 2 aromatic rings. The maximum absolute atomic E-state index is 12.3. The number of carbonyl (C=O) groups excluding carboxylic acids is 2. The number of hydrogen-bond acceptors (Lipinski definition) is 6. The molecule has 1 N–H and O–H groups in total. The number of benzene rings is 2. The second-order valence-electron chi connectivity index (χ2n) is 6.25. The van der Waals surface area contributed by atoms with Gasteiger partial charge in [0.05, 0.1) is 21.1 Å². The van der Waals surface area contributed by atoms with Gasteiger partial charge in [0.15, 0.2) is 11.5 Å². The molecule has 0 atom stereocenters. The van der Waals surface area contributed by atoms with E-state index in [0.717, 1.165) is 15.3 Å². The van der Waals surface area contributed by atoms with Crippen molar-refractivity contribution in [2.45, 2.75) is 13.5 Å². The molecule has 1 fully saturated rings. The number of halogens is 1. The zero-order valence-electron chi connectivity index (χ0n) is 16.2. The highest BCUT2D eigenvalue weighted by Crippen LogP contribution is 2.37. The molecular weight excluding hydrogens is 521 g/mol. The molecule has 0 spiro atoms. The number of methoxy groups -OCH3 is 1. The van der Waals surface area contributed by atoms with Gasteiger partial charge in [-0.05, 0) is 82.7 Å². The van der Waals surface area contributed by atoms with Gasteiger partial charge in [0.2, 0.25) is 0 Å². The Balaban J connectivity index is 1.84. The van der Waals surface area contributed by atoms with Gasteiger partial charge < -0.3 is 14.6 Å². The van der Waals surface area contributed by atoms with E-state index in [4.69, 9.17) is 14.6 Å². The first kappa shape index (κ1) is 22.2. The van der Waals surface area contributed by atoms with Crippen molar-refractivity contribution in [3.63, 3.8) is 0 Å². The monoisotopic (exact) mass is 539 g/mol. The third kappa shape index (κ3) is 4.78. The summed E-state index contributed by atoms with van der Waals surface area (Å²) in [6, 6.07) is 10.1. The van der Waals surface area contributed by atoms with E-state index < -0.39 is 5.97 Å². The van der Waals surface area contributed by atoms with Crippen LogP contribution in [0.15, 0.2) is 41.3 Å². The number of nitrogens with zero attached hydrogens (tertiary/aromatic N) is 1. The molecule has 30 heavy (non-hydrogen) atoms. The van der Waals surface area contributed by atoms with Crippen LogP contribution in [0.3, 0.4) is 0 Å². The molecule has 9 heteroatoms. The maximum Gasteiger partial charge on any atom is 0.335 e. The van der Waals surface area contributed by atoms with E-state index in [9.17, 15) is 14.4 Å². The van der Waals surface area contributed by atoms with Crippen LogP contribution in [0.25, 0.3) is 6.08 Å². The first-order valence-electron chi connectivity index (χ1n) is 8.92. The number of hydrogen-bond donors (Lipinski definition) is 1. The lowest BCUT2D eigenvalue weighted by molar-refractivity contribution is -0.122. The number of carboxylic acid groups (broad SMARTS) is 1. The number of thioether (sulfide) groups is 1. The normalized spacial score (nSPS) is 15.0. The molecule has 0 radical (unpaired) electrons. The lowest BCUT2D eigenvalue weighted by Crippen LogP contribution is -2.27. The van der Waals surface area contributed by atoms with Crippen molar-refractivity contribution in [3.05, 3.63) is 61.6 Å². The van der Waals surface area contributed by atoms with Gasteiger partial charge in [0.25, 0.3) is 11.1 Å². The van der Waals surface area contributed by atoms with Crippen molar-refractivity contribution >= 4 is 57.5 Å². The number of imide groups is 1. The molecule has 0 bridgehead atoms. The van der Waals surface area contributed by atoms with Crippen LogP contribution < -0.4 is 9.47 Å². The molecule has 2 amide bonds. The first-order valence-corrected chi connectivity index (χ1v) is 10.8. The number of aromatic carboxylic acids is 1. The Morgan fingerprint density at radius 3 is 2.67 bits per heavy atom. The third-order valence-corrected chi connectivity index (χ3v) is 6.01. The fourth-order valence-electron chi connectivity index (χ4n) is 2.84. The van der Waals surface area contributed by atoms with E-state index in [1.165, 1.54) is 18.1 Å². The Labute approximate surface area is 191 Å². The predicted octanol–water partition coefficient (Wildman–Crippen LogP) is 4.63. The Kier molecular flexibility index (Phi) is 7.03. The van der Waals surface area contributed by atoms with Crippen molar-refractivity contribution in [2.75, 3.05) is 13.7 Å². The minimum Gasteiger partial charge on any atom is -0.493 e. The summed E-state index contributed by atoms with van der Waals surface area (Å²) in [7, 11) is 1.51. The predicted molar refractivity (Wildman–Crippen MR) is 122 cm³/mol. The summed E-state index contributed by atoms with van der Waals surface area (Å²) in [6.07, 6.45) is 1.66. The average Bonchev–Trinajstić information content (AvgIpc) is 2.99. The van der Waals surface area contributed by atoms with Crippen LogP contribution in [-0.4, -0.2) is 40.8 Å². The Morgan fingerprint density at radius 1 is 1.27 bits per heavy atom. The van der Waals surface area contributed by atoms with Gasteiger partial charge in [-0.1, -0.05) is 12.1 Å². The summed E-state index contributed by atoms with van der Waals surface area (Å²) in [6.45, 7) is 2.25. The van der Waals surface area contributed by atoms with Crippen molar-refractivity contribution < 1.29 is 29.0 Å². The zero-order valence-corrected chi connectivity index (χ0v) is 19.2. The quantitative estimate of drug-likeness (QED) is 0.405. The van der Waals surface area contributed by atoms with Gasteiger partial charge in [-0.2, -0.15) is 0 Å². The standard InChI is InChI=1S/C21H18INO6S/c1-3-23-19(24)17(30-21(23)27)10-13-8-15(22)18(16(9-13)28-2)29-11-12-5-4-6-14(7-12)20(25)26/h4-10H,3,11H2,1-2H3,(H,25,26)/b17-10+. The summed E-state index contributed by atoms with van der Waals surface area (Å²) in [5, 5.41) is 8.84. The molecule has 2 aromatic carbocycles. The van der Waals surface area contributed by atoms with E-state index in [0.29, 0.717) is 34.1 Å². The topological polar surface area (TPSA) is 93.1 Å². The van der Waals surface area contributed by atoms with Crippen LogP contribution in [0, 0.1) is 3.57 Å². The van der Waals surface area contributed by atoms with Crippen molar-refractivity contribution in [2.24, 2.45) is 0 Å². The number of amides is 2. The molecule has 1 saturated heterocycles. The lowest BCUT2D eigenvalue weighted by Gasteiger charge is -2.14. The molecule has 156 valence electrons. The molecule has 0 aromatic heterocycles. The second-order valence-corrected chi connectivity index (χ2v) is 8.41. The smallest absolute Gasteiger partial charge is 0.335 e. The minimum atomic E-state index is -0.999. The summed E-state index contributed by atoms with van der Waals surface area (Å²) >= 11 is 3.02. The van der Waals surface area contributed by atoms with Crippen LogP contribution in [0.5, 0.6) is 11.5 Å². The van der Waals surface area contributed by atoms with E-state index in [-0.39, 0.29) is 23.3 Å². The van der Waals surface area contributed by atoms with Gasteiger partial charge in [-0.3, -0.25) is 14.5 Å². The Hall–Kier alpha value is -2.53. The largest absolute Gasteiger partial charge is 0.493 e. The van der Waals surface area contributed by atoms with Crippen molar-refractivity contribution in [1.82, 2.24) is 4.90 Å². The fourth-order valence-corrected chi connectivity index (χ4v) is 4.52. The van der Waals surface area contributed by atoms with E-state index >= 15 is 0 Å².